The van der Waals surface area contributed by atoms with Crippen molar-refractivity contribution in [3.05, 3.63) is 52.0 Å². The van der Waals surface area contributed by atoms with E-state index in [-0.39, 0.29) is 24.0 Å². The Kier molecular flexibility index (Phi) is 10.6. The summed E-state index contributed by atoms with van der Waals surface area (Å²) in [7, 11) is 0. The first kappa shape index (κ1) is 30.4. The Morgan fingerprint density at radius 1 is 1.10 bits per heavy atom. The van der Waals surface area contributed by atoms with Crippen LogP contribution in [0.5, 0.6) is 0 Å². The molecule has 1 saturated heterocycles. The van der Waals surface area contributed by atoms with Gasteiger partial charge in [-0.05, 0) is 74.3 Å². The maximum Gasteiger partial charge on any atom is 0.226 e. The van der Waals surface area contributed by atoms with Gasteiger partial charge in [-0.1, -0.05) is 47.6 Å². The fourth-order valence-electron chi connectivity index (χ4n) is 6.50. The lowest BCUT2D eigenvalue weighted by Crippen LogP contribution is -2.41. The van der Waals surface area contributed by atoms with Gasteiger partial charge in [-0.3, -0.25) is 14.5 Å². The van der Waals surface area contributed by atoms with Crippen molar-refractivity contribution in [3.63, 3.8) is 0 Å². The number of benzene rings is 1. The van der Waals surface area contributed by atoms with Gasteiger partial charge >= 0.3 is 0 Å². The zero-order valence-electron chi connectivity index (χ0n) is 25.4. The van der Waals surface area contributed by atoms with E-state index >= 15 is 0 Å². The molecule has 1 unspecified atom stereocenters. The van der Waals surface area contributed by atoms with Crippen LogP contribution in [0.25, 0.3) is 11.0 Å². The highest BCUT2D eigenvalue weighted by molar-refractivity contribution is 7.09. The van der Waals surface area contributed by atoms with Gasteiger partial charge in [0.1, 0.15) is 5.82 Å². The molecule has 3 aromatic rings. The van der Waals surface area contributed by atoms with E-state index in [9.17, 15) is 9.59 Å². The number of aromatic nitrogens is 2. The van der Waals surface area contributed by atoms with E-state index in [1.807, 2.05) is 17.0 Å². The van der Waals surface area contributed by atoms with E-state index in [0.717, 1.165) is 75.1 Å². The van der Waals surface area contributed by atoms with Gasteiger partial charge in [0, 0.05) is 54.4 Å². The minimum Gasteiger partial charge on any atom is -0.341 e. The number of nitrogens with zero attached hydrogens (tertiary/aromatic N) is 4. The van der Waals surface area contributed by atoms with Crippen LogP contribution in [0.2, 0.25) is 0 Å². The number of carbonyl (C=O) groups is 2. The number of rotatable bonds is 14. The zero-order chi connectivity index (χ0) is 28.8. The third-order valence-electron chi connectivity index (χ3n) is 8.65. The van der Waals surface area contributed by atoms with Gasteiger partial charge in [0.15, 0.2) is 5.78 Å². The number of thiophene rings is 1. The fourth-order valence-corrected chi connectivity index (χ4v) is 7.20. The molecule has 7 heteroatoms. The van der Waals surface area contributed by atoms with E-state index in [0.29, 0.717) is 23.6 Å². The number of ketones is 1. The maximum atomic E-state index is 13.7. The average molecular weight is 565 g/mol. The molecule has 0 aliphatic carbocycles. The Labute approximate surface area is 244 Å². The molecule has 1 aromatic carbocycles. The van der Waals surface area contributed by atoms with E-state index in [1.54, 1.807) is 11.3 Å². The van der Waals surface area contributed by atoms with E-state index in [2.05, 4.69) is 74.6 Å². The molecule has 0 radical (unpaired) electrons. The van der Waals surface area contributed by atoms with Crippen LogP contribution in [0.3, 0.4) is 0 Å². The van der Waals surface area contributed by atoms with Crippen LogP contribution in [0.15, 0.2) is 35.7 Å². The van der Waals surface area contributed by atoms with Crippen LogP contribution >= 0.6 is 11.3 Å². The van der Waals surface area contributed by atoms with Crippen LogP contribution in [-0.2, 0) is 11.2 Å². The molecule has 1 aliphatic heterocycles. The number of hydrogen-bond donors (Lipinski definition) is 0. The lowest BCUT2D eigenvalue weighted by atomic mass is 9.89. The number of carbonyl (C=O) groups excluding carboxylic acids is 2. The molecule has 6 nitrogen and oxygen atoms in total. The molecule has 218 valence electrons. The van der Waals surface area contributed by atoms with Gasteiger partial charge in [-0.2, -0.15) is 0 Å². The zero-order valence-corrected chi connectivity index (χ0v) is 26.2. The molecule has 1 fully saturated rings. The second kappa shape index (κ2) is 13.9. The number of fused-ring (bicyclic) bond motifs is 1. The first-order valence-electron chi connectivity index (χ1n) is 15.4. The van der Waals surface area contributed by atoms with Crippen molar-refractivity contribution >= 4 is 34.1 Å². The van der Waals surface area contributed by atoms with Crippen LogP contribution in [-0.4, -0.2) is 63.3 Å². The molecule has 0 saturated carbocycles. The highest BCUT2D eigenvalue weighted by atomic mass is 32.1. The summed E-state index contributed by atoms with van der Waals surface area (Å²) in [6, 6.07) is 11.0. The number of likely N-dealkylation sites (N-methyl/N-ethyl adjacent to an activating group) is 1. The summed E-state index contributed by atoms with van der Waals surface area (Å²) in [5, 5.41) is 2.11. The molecule has 40 heavy (non-hydrogen) atoms. The molecule has 0 bridgehead atoms. The van der Waals surface area contributed by atoms with Crippen LogP contribution in [0.4, 0.5) is 0 Å². The number of Topliss-reactive ketones (excluding diaryl/α,β-unsaturated/α-hetero) is 1. The average Bonchev–Trinajstić information content (AvgIpc) is 3.70. The summed E-state index contributed by atoms with van der Waals surface area (Å²) in [6.45, 7) is 16.7. The van der Waals surface area contributed by atoms with Crippen molar-refractivity contribution in [2.24, 2.45) is 11.8 Å². The monoisotopic (exact) mass is 564 g/mol. The molecular formula is C33H48N4O2S. The minimum atomic E-state index is -0.282. The molecule has 2 atom stereocenters. The van der Waals surface area contributed by atoms with Gasteiger partial charge in [0.25, 0.3) is 0 Å². The summed E-state index contributed by atoms with van der Waals surface area (Å²) in [4.78, 5) is 38.1. The predicted molar refractivity (Wildman–Crippen MR) is 166 cm³/mol. The first-order chi connectivity index (χ1) is 19.3. The third-order valence-corrected chi connectivity index (χ3v) is 9.52. The largest absolute Gasteiger partial charge is 0.341 e. The number of imidazole rings is 1. The molecular weight excluding hydrogens is 516 g/mol. The number of likely N-dealkylation sites (tertiary alicyclic amines) is 1. The topological polar surface area (TPSA) is 58.4 Å². The van der Waals surface area contributed by atoms with Crippen molar-refractivity contribution in [3.8, 4) is 0 Å². The fraction of sp³-hybridized carbons (Fsp3) is 0.606. The van der Waals surface area contributed by atoms with Crippen molar-refractivity contribution in [1.82, 2.24) is 19.4 Å². The molecule has 1 amide bonds. The van der Waals surface area contributed by atoms with Crippen molar-refractivity contribution in [1.29, 1.82) is 0 Å². The smallest absolute Gasteiger partial charge is 0.226 e. The SMILES string of the molecule is CCC(CC)n1c(Cc2cccs2)nc2cc(C(=O)C[C@@H](CC(C)C)C(=O)N3CCC(N(CC)CC)C3)ccc21. The van der Waals surface area contributed by atoms with Crippen molar-refractivity contribution in [2.75, 3.05) is 26.2 Å². The standard InChI is InChI=1S/C33H48N4O2S/c1-7-26(8-2)37-30-14-13-24(19-29(30)34-32(37)21-28-12-11-17-40-28)31(38)20-25(18-23(5)6)33(39)36-16-15-27(22-36)35(9-3)10-4/h11-14,17,19,23,25-27H,7-10,15-16,18,20-22H2,1-6H3/t25-,27?/m1/s1. The Hall–Kier alpha value is -2.51. The molecule has 2 aromatic heterocycles. The number of amides is 1. The normalized spacial score (nSPS) is 16.6. The highest BCUT2D eigenvalue weighted by Crippen LogP contribution is 2.30. The van der Waals surface area contributed by atoms with Gasteiger partial charge < -0.3 is 9.47 Å². The minimum absolute atomic E-state index is 0.0391. The van der Waals surface area contributed by atoms with Crippen molar-refractivity contribution < 1.29 is 9.59 Å². The summed E-state index contributed by atoms with van der Waals surface area (Å²) >= 11 is 1.75. The summed E-state index contributed by atoms with van der Waals surface area (Å²) in [5.41, 5.74) is 2.62. The summed E-state index contributed by atoms with van der Waals surface area (Å²) < 4.78 is 2.38. The lowest BCUT2D eigenvalue weighted by molar-refractivity contribution is -0.135. The quantitative estimate of drug-likeness (QED) is 0.194. The maximum absolute atomic E-state index is 13.7. The number of hydrogen-bond acceptors (Lipinski definition) is 5. The van der Waals surface area contributed by atoms with Crippen LogP contribution in [0, 0.1) is 11.8 Å². The van der Waals surface area contributed by atoms with E-state index in [4.69, 9.17) is 4.98 Å². The Morgan fingerprint density at radius 2 is 1.85 bits per heavy atom. The van der Waals surface area contributed by atoms with E-state index in [1.165, 1.54) is 4.88 Å². The van der Waals surface area contributed by atoms with Crippen molar-refractivity contribution in [2.45, 2.75) is 92.2 Å². The molecule has 4 rings (SSSR count). The Bertz CT molecular complexity index is 1260. The van der Waals surface area contributed by atoms with Crippen LogP contribution in [0.1, 0.15) is 101 Å². The third kappa shape index (κ3) is 6.85. The second-order valence-electron chi connectivity index (χ2n) is 11.7. The molecule has 1 aliphatic rings. The highest BCUT2D eigenvalue weighted by Gasteiger charge is 2.34. The van der Waals surface area contributed by atoms with Gasteiger partial charge in [0.2, 0.25) is 5.91 Å². The van der Waals surface area contributed by atoms with Gasteiger partial charge in [0.05, 0.1) is 11.0 Å². The first-order valence-corrected chi connectivity index (χ1v) is 16.3. The second-order valence-corrected chi connectivity index (χ2v) is 12.8. The van der Waals surface area contributed by atoms with Crippen LogP contribution < -0.4 is 0 Å². The molecule has 0 spiro atoms. The Balaban J connectivity index is 1.56. The summed E-state index contributed by atoms with van der Waals surface area (Å²) in [6.07, 6.45) is 4.86. The lowest BCUT2D eigenvalue weighted by Gasteiger charge is -2.28. The predicted octanol–water partition coefficient (Wildman–Crippen LogP) is 7.23. The Morgan fingerprint density at radius 3 is 2.48 bits per heavy atom. The van der Waals surface area contributed by atoms with Gasteiger partial charge in [-0.25, -0.2) is 4.98 Å². The summed E-state index contributed by atoms with van der Waals surface area (Å²) in [5.74, 6) is 1.31. The van der Waals surface area contributed by atoms with Gasteiger partial charge in [-0.15, -0.1) is 11.3 Å². The molecule has 0 N–H and O–H groups in total. The molecule has 3 heterocycles. The van der Waals surface area contributed by atoms with E-state index < -0.39 is 0 Å².